The maximum atomic E-state index is 13.1. The molecule has 0 saturated carbocycles. The van der Waals surface area contributed by atoms with E-state index < -0.39 is 0 Å². The highest BCUT2D eigenvalue weighted by molar-refractivity contribution is 8.00. The Morgan fingerprint density at radius 2 is 2.28 bits per heavy atom. The monoisotopic (exact) mass is 381 g/mol. The van der Waals surface area contributed by atoms with E-state index in [-0.39, 0.29) is 16.7 Å². The van der Waals surface area contributed by atoms with Crippen LogP contribution < -0.4 is 10.9 Å². The van der Waals surface area contributed by atoms with Crippen LogP contribution in [0.3, 0.4) is 0 Å². The number of amides is 1. The van der Waals surface area contributed by atoms with Crippen molar-refractivity contribution in [2.75, 3.05) is 20.3 Å². The Morgan fingerprint density at radius 1 is 1.48 bits per heavy atom. The molecule has 0 aliphatic heterocycles. The Labute approximate surface area is 155 Å². The summed E-state index contributed by atoms with van der Waals surface area (Å²) >= 11 is 2.95. The molecule has 0 bridgehead atoms. The van der Waals surface area contributed by atoms with Gasteiger partial charge in [0.2, 0.25) is 5.91 Å². The standard InChI is InChI=1S/C17H23N3O3S2/c1-4-18-14(21)10(2)24-17-19-15-13(11-6-5-7-12(11)25-15)16(22)20(17)8-9-23-3/h10H,4-9H2,1-3H3,(H,18,21)/t10-/m1/s1. The van der Waals surface area contributed by atoms with Crippen LogP contribution in [0.25, 0.3) is 10.2 Å². The molecule has 8 heteroatoms. The Morgan fingerprint density at radius 3 is 3.00 bits per heavy atom. The van der Waals surface area contributed by atoms with E-state index in [1.807, 2.05) is 13.8 Å². The lowest BCUT2D eigenvalue weighted by atomic mass is 10.2. The molecule has 1 aliphatic rings. The second-order valence-electron chi connectivity index (χ2n) is 6.04. The Hall–Kier alpha value is -1.38. The van der Waals surface area contributed by atoms with Gasteiger partial charge < -0.3 is 10.1 Å². The molecule has 0 radical (unpaired) electrons. The van der Waals surface area contributed by atoms with E-state index in [0.29, 0.717) is 24.9 Å². The minimum Gasteiger partial charge on any atom is -0.383 e. The highest BCUT2D eigenvalue weighted by Crippen LogP contribution is 2.36. The van der Waals surface area contributed by atoms with Gasteiger partial charge in [0.15, 0.2) is 5.16 Å². The first-order valence-electron chi connectivity index (χ1n) is 8.55. The van der Waals surface area contributed by atoms with Crippen molar-refractivity contribution in [1.29, 1.82) is 0 Å². The summed E-state index contributed by atoms with van der Waals surface area (Å²) in [5, 5.41) is 3.86. The van der Waals surface area contributed by atoms with E-state index in [2.05, 4.69) is 5.32 Å². The normalized spacial score (nSPS) is 14.7. The van der Waals surface area contributed by atoms with Crippen molar-refractivity contribution in [2.24, 2.45) is 0 Å². The molecule has 136 valence electrons. The van der Waals surface area contributed by atoms with Crippen molar-refractivity contribution in [3.8, 4) is 0 Å². The summed E-state index contributed by atoms with van der Waals surface area (Å²) in [4.78, 5) is 32.0. The summed E-state index contributed by atoms with van der Waals surface area (Å²) < 4.78 is 6.82. The Bertz CT molecular complexity index is 844. The molecule has 0 saturated heterocycles. The van der Waals surface area contributed by atoms with E-state index in [1.165, 1.54) is 22.2 Å². The topological polar surface area (TPSA) is 73.2 Å². The number of hydrogen-bond donors (Lipinski definition) is 1. The van der Waals surface area contributed by atoms with Crippen molar-refractivity contribution in [3.05, 3.63) is 20.8 Å². The van der Waals surface area contributed by atoms with Gasteiger partial charge in [-0.25, -0.2) is 4.98 Å². The Balaban J connectivity index is 2.04. The smallest absolute Gasteiger partial charge is 0.263 e. The average molecular weight is 382 g/mol. The van der Waals surface area contributed by atoms with E-state index in [9.17, 15) is 9.59 Å². The molecule has 0 fully saturated rings. The largest absolute Gasteiger partial charge is 0.383 e. The summed E-state index contributed by atoms with van der Waals surface area (Å²) in [5.74, 6) is -0.0474. The number of methoxy groups -OCH3 is 1. The molecule has 1 aliphatic carbocycles. The molecular weight excluding hydrogens is 358 g/mol. The van der Waals surface area contributed by atoms with Gasteiger partial charge in [0.25, 0.3) is 5.56 Å². The summed E-state index contributed by atoms with van der Waals surface area (Å²) in [6.45, 7) is 5.18. The molecule has 25 heavy (non-hydrogen) atoms. The molecule has 2 aromatic rings. The maximum absolute atomic E-state index is 13.1. The third-order valence-electron chi connectivity index (χ3n) is 4.31. The second-order valence-corrected chi connectivity index (χ2v) is 8.43. The molecule has 0 aromatic carbocycles. The summed E-state index contributed by atoms with van der Waals surface area (Å²) in [6.07, 6.45) is 3.10. The van der Waals surface area contributed by atoms with Gasteiger partial charge in [-0.15, -0.1) is 11.3 Å². The maximum Gasteiger partial charge on any atom is 0.263 e. The second kappa shape index (κ2) is 7.88. The van der Waals surface area contributed by atoms with Gasteiger partial charge in [-0.1, -0.05) is 11.8 Å². The van der Waals surface area contributed by atoms with E-state index >= 15 is 0 Å². The van der Waals surface area contributed by atoms with Gasteiger partial charge in [-0.2, -0.15) is 0 Å². The SMILES string of the molecule is CCNC(=O)[C@@H](C)Sc1nc2sc3c(c2c(=O)n1CCOC)CCC3. The van der Waals surface area contributed by atoms with Crippen molar-refractivity contribution in [3.63, 3.8) is 0 Å². The third kappa shape index (κ3) is 3.61. The molecule has 2 aromatic heterocycles. The molecule has 6 nitrogen and oxygen atoms in total. The fourth-order valence-electron chi connectivity index (χ4n) is 3.06. The van der Waals surface area contributed by atoms with E-state index in [1.54, 1.807) is 23.0 Å². The van der Waals surface area contributed by atoms with Gasteiger partial charge in [-0.05, 0) is 38.7 Å². The predicted octanol–water partition coefficient (Wildman–Crippen LogP) is 2.21. The number of hydrogen-bond acceptors (Lipinski definition) is 6. The molecule has 1 N–H and O–H groups in total. The van der Waals surface area contributed by atoms with E-state index in [4.69, 9.17) is 9.72 Å². The molecule has 1 amide bonds. The minimum atomic E-state index is -0.315. The highest BCUT2D eigenvalue weighted by atomic mass is 32.2. The van der Waals surface area contributed by atoms with Gasteiger partial charge in [0.05, 0.1) is 23.8 Å². The number of aryl methyl sites for hydroxylation is 2. The molecule has 2 heterocycles. The number of nitrogens with zero attached hydrogens (tertiary/aromatic N) is 2. The minimum absolute atomic E-state index is 0.00736. The summed E-state index contributed by atoms with van der Waals surface area (Å²) in [7, 11) is 1.61. The number of carbonyl (C=O) groups excluding carboxylic acids is 1. The highest BCUT2D eigenvalue weighted by Gasteiger charge is 2.24. The number of thiophene rings is 1. The van der Waals surface area contributed by atoms with Gasteiger partial charge in [-0.3, -0.25) is 14.2 Å². The quantitative estimate of drug-likeness (QED) is 0.588. The number of fused-ring (bicyclic) bond motifs is 3. The van der Waals surface area contributed by atoms with Crippen LogP contribution in [0.1, 0.15) is 30.7 Å². The third-order valence-corrected chi connectivity index (χ3v) is 6.59. The van der Waals surface area contributed by atoms with Crippen LogP contribution in [0, 0.1) is 0 Å². The van der Waals surface area contributed by atoms with Crippen molar-refractivity contribution >= 4 is 39.2 Å². The lowest BCUT2D eigenvalue weighted by molar-refractivity contribution is -0.120. The zero-order chi connectivity index (χ0) is 18.0. The molecular formula is C17H23N3O3S2. The Kier molecular flexibility index (Phi) is 5.81. The number of rotatable bonds is 7. The summed E-state index contributed by atoms with van der Waals surface area (Å²) in [5.41, 5.74) is 1.17. The molecule has 1 atom stereocenters. The summed E-state index contributed by atoms with van der Waals surface area (Å²) in [6, 6.07) is 0. The van der Waals surface area contributed by atoms with Crippen LogP contribution in [-0.4, -0.2) is 41.0 Å². The average Bonchev–Trinajstić information content (AvgIpc) is 3.15. The van der Waals surface area contributed by atoms with Crippen LogP contribution in [-0.2, 0) is 28.9 Å². The van der Waals surface area contributed by atoms with Crippen molar-refractivity contribution in [2.45, 2.75) is 50.1 Å². The number of carbonyl (C=O) groups is 1. The fourth-order valence-corrected chi connectivity index (χ4v) is 5.32. The first kappa shape index (κ1) is 18.4. The van der Waals surface area contributed by atoms with Crippen LogP contribution >= 0.6 is 23.1 Å². The lowest BCUT2D eigenvalue weighted by Gasteiger charge is -2.15. The molecule has 0 unspecified atom stereocenters. The van der Waals surface area contributed by atoms with Gasteiger partial charge in [0, 0.05) is 18.5 Å². The first-order chi connectivity index (χ1) is 12.1. The zero-order valence-electron chi connectivity index (χ0n) is 14.8. The number of aromatic nitrogens is 2. The number of thioether (sulfide) groups is 1. The molecule has 3 rings (SSSR count). The van der Waals surface area contributed by atoms with Crippen molar-refractivity contribution in [1.82, 2.24) is 14.9 Å². The van der Waals surface area contributed by atoms with E-state index in [0.717, 1.165) is 29.5 Å². The predicted molar refractivity (Wildman–Crippen MR) is 102 cm³/mol. The van der Waals surface area contributed by atoms with Crippen LogP contribution in [0.4, 0.5) is 0 Å². The number of ether oxygens (including phenoxy) is 1. The van der Waals surface area contributed by atoms with Crippen LogP contribution in [0.15, 0.2) is 9.95 Å². The lowest BCUT2D eigenvalue weighted by Crippen LogP contribution is -2.32. The fraction of sp³-hybridized carbons (Fsp3) is 0.588. The number of nitrogens with one attached hydrogen (secondary N) is 1. The van der Waals surface area contributed by atoms with Gasteiger partial charge >= 0.3 is 0 Å². The van der Waals surface area contributed by atoms with Gasteiger partial charge in [0.1, 0.15) is 4.83 Å². The first-order valence-corrected chi connectivity index (χ1v) is 10.2. The van der Waals surface area contributed by atoms with Crippen LogP contribution in [0.2, 0.25) is 0 Å². The van der Waals surface area contributed by atoms with Crippen LogP contribution in [0.5, 0.6) is 0 Å². The zero-order valence-corrected chi connectivity index (χ0v) is 16.4. The van der Waals surface area contributed by atoms with Crippen molar-refractivity contribution < 1.29 is 9.53 Å². The molecule has 0 spiro atoms.